The van der Waals surface area contributed by atoms with Crippen LogP contribution in [0, 0.1) is 5.41 Å². The summed E-state index contributed by atoms with van der Waals surface area (Å²) >= 11 is 0. The lowest BCUT2D eigenvalue weighted by molar-refractivity contribution is 0.362. The molecule has 2 rings (SSSR count). The van der Waals surface area contributed by atoms with E-state index in [0.29, 0.717) is 11.5 Å². The molecule has 13 heavy (non-hydrogen) atoms. The van der Waals surface area contributed by atoms with Crippen LogP contribution in [-0.2, 0) is 7.05 Å². The van der Waals surface area contributed by atoms with E-state index in [-0.39, 0.29) is 0 Å². The molecular weight excluding hydrogens is 164 g/mol. The lowest BCUT2D eigenvalue weighted by atomic mass is 9.98. The first-order valence-corrected chi connectivity index (χ1v) is 4.68. The second-order valence-electron chi connectivity index (χ2n) is 4.12. The Labute approximate surface area is 78.4 Å². The number of nitrogens with one attached hydrogen (secondary N) is 1. The Bertz CT molecular complexity index is 300. The molecule has 1 saturated carbocycles. The highest BCUT2D eigenvalue weighted by Gasteiger charge is 2.46. The largest absolute Gasteiger partial charge is 0.310 e. The summed E-state index contributed by atoms with van der Waals surface area (Å²) in [5.74, 6) is 1.04. The Morgan fingerprint density at radius 3 is 2.69 bits per heavy atom. The molecule has 1 aliphatic rings. The third-order valence-corrected chi connectivity index (χ3v) is 3.03. The smallest absolute Gasteiger partial charge is 0.144 e. The lowest BCUT2D eigenvalue weighted by Crippen LogP contribution is -2.27. The fourth-order valence-electron chi connectivity index (χ4n) is 1.84. The number of hydrogen-bond acceptors (Lipinski definition) is 3. The van der Waals surface area contributed by atoms with Crippen LogP contribution in [0.4, 0.5) is 0 Å². The molecule has 4 heteroatoms. The molecule has 1 aromatic rings. The van der Waals surface area contributed by atoms with Crippen molar-refractivity contribution in [2.45, 2.75) is 25.8 Å². The Morgan fingerprint density at radius 2 is 2.31 bits per heavy atom. The first-order valence-electron chi connectivity index (χ1n) is 4.68. The van der Waals surface area contributed by atoms with E-state index in [1.807, 2.05) is 18.8 Å². The molecule has 1 unspecified atom stereocenters. The molecule has 0 bridgehead atoms. The van der Waals surface area contributed by atoms with Crippen molar-refractivity contribution in [2.24, 2.45) is 12.5 Å². The van der Waals surface area contributed by atoms with Gasteiger partial charge < -0.3 is 5.32 Å². The minimum atomic E-state index is 0.347. The summed E-state index contributed by atoms with van der Waals surface area (Å²) in [5.41, 5.74) is 0.398. The summed E-state index contributed by atoms with van der Waals surface area (Å²) < 4.78 is 1.85. The van der Waals surface area contributed by atoms with Crippen molar-refractivity contribution in [3.63, 3.8) is 0 Å². The quantitative estimate of drug-likeness (QED) is 0.750. The highest BCUT2D eigenvalue weighted by Crippen LogP contribution is 2.53. The zero-order valence-electron chi connectivity index (χ0n) is 8.41. The number of aromatic nitrogens is 3. The zero-order valence-corrected chi connectivity index (χ0v) is 8.41. The molecule has 0 radical (unpaired) electrons. The second kappa shape index (κ2) is 2.80. The van der Waals surface area contributed by atoms with E-state index in [9.17, 15) is 0 Å². The predicted molar refractivity (Wildman–Crippen MR) is 50.1 cm³/mol. The Balaban J connectivity index is 2.27. The van der Waals surface area contributed by atoms with E-state index >= 15 is 0 Å². The van der Waals surface area contributed by atoms with Crippen LogP contribution in [0.25, 0.3) is 0 Å². The van der Waals surface area contributed by atoms with Crippen LogP contribution < -0.4 is 5.32 Å². The zero-order chi connectivity index (χ0) is 9.47. The maximum absolute atomic E-state index is 4.28. The van der Waals surface area contributed by atoms with Crippen molar-refractivity contribution in [3.05, 3.63) is 12.2 Å². The average molecular weight is 180 g/mol. The number of aryl methyl sites for hydroxylation is 1. The maximum Gasteiger partial charge on any atom is 0.144 e. The number of hydrogen-bond donors (Lipinski definition) is 1. The van der Waals surface area contributed by atoms with Gasteiger partial charge in [0, 0.05) is 7.05 Å². The Hall–Kier alpha value is -0.900. The summed E-state index contributed by atoms with van der Waals surface area (Å²) in [4.78, 5) is 4.28. The molecule has 0 spiro atoms. The summed E-state index contributed by atoms with van der Waals surface area (Å²) in [6, 6.07) is 0.347. The molecule has 72 valence electrons. The molecule has 1 N–H and O–H groups in total. The molecule has 1 atom stereocenters. The SMILES string of the molecule is CNC(c1ncnn1C)C1(C)CC1. The van der Waals surface area contributed by atoms with E-state index in [1.54, 1.807) is 6.33 Å². The molecule has 0 saturated heterocycles. The van der Waals surface area contributed by atoms with Crippen molar-refractivity contribution >= 4 is 0 Å². The van der Waals surface area contributed by atoms with Crippen LogP contribution >= 0.6 is 0 Å². The summed E-state index contributed by atoms with van der Waals surface area (Å²) in [5, 5.41) is 7.42. The number of rotatable bonds is 3. The van der Waals surface area contributed by atoms with Crippen molar-refractivity contribution < 1.29 is 0 Å². The second-order valence-corrected chi connectivity index (χ2v) is 4.12. The van der Waals surface area contributed by atoms with E-state index in [1.165, 1.54) is 12.8 Å². The number of nitrogens with zero attached hydrogens (tertiary/aromatic N) is 3. The van der Waals surface area contributed by atoms with Crippen LogP contribution in [-0.4, -0.2) is 21.8 Å². The summed E-state index contributed by atoms with van der Waals surface area (Å²) in [6.07, 6.45) is 4.18. The van der Waals surface area contributed by atoms with Gasteiger partial charge in [-0.05, 0) is 25.3 Å². The standard InChI is InChI=1S/C9H16N4/c1-9(4-5-9)7(10-2)8-11-6-12-13(8)3/h6-7,10H,4-5H2,1-3H3. The third kappa shape index (κ3) is 1.35. The monoisotopic (exact) mass is 180 g/mol. The van der Waals surface area contributed by atoms with Gasteiger partial charge in [-0.3, -0.25) is 4.68 Å². The summed E-state index contributed by atoms with van der Waals surface area (Å²) in [7, 11) is 3.93. The van der Waals surface area contributed by atoms with Gasteiger partial charge >= 0.3 is 0 Å². The highest BCUT2D eigenvalue weighted by atomic mass is 15.3. The third-order valence-electron chi connectivity index (χ3n) is 3.03. The minimum absolute atomic E-state index is 0.347. The van der Waals surface area contributed by atoms with Crippen LogP contribution in [0.1, 0.15) is 31.6 Å². The molecular formula is C9H16N4. The van der Waals surface area contributed by atoms with Crippen LogP contribution in [0.3, 0.4) is 0 Å². The molecule has 1 heterocycles. The molecule has 4 nitrogen and oxygen atoms in total. The maximum atomic E-state index is 4.28. The van der Waals surface area contributed by atoms with E-state index in [0.717, 1.165) is 5.82 Å². The average Bonchev–Trinajstić information content (AvgIpc) is 2.69. The van der Waals surface area contributed by atoms with Crippen LogP contribution in [0.5, 0.6) is 0 Å². The Morgan fingerprint density at radius 1 is 1.62 bits per heavy atom. The normalized spacial score (nSPS) is 21.5. The van der Waals surface area contributed by atoms with Crippen molar-refractivity contribution in [1.82, 2.24) is 20.1 Å². The molecule has 1 aliphatic carbocycles. The van der Waals surface area contributed by atoms with Crippen molar-refractivity contribution in [2.75, 3.05) is 7.05 Å². The van der Waals surface area contributed by atoms with Gasteiger partial charge in [-0.15, -0.1) is 0 Å². The van der Waals surface area contributed by atoms with Gasteiger partial charge in [-0.1, -0.05) is 6.92 Å². The molecule has 1 fully saturated rings. The van der Waals surface area contributed by atoms with E-state index in [4.69, 9.17) is 0 Å². The van der Waals surface area contributed by atoms with Gasteiger partial charge in [0.15, 0.2) is 0 Å². The summed E-state index contributed by atoms with van der Waals surface area (Å²) in [6.45, 7) is 2.29. The van der Waals surface area contributed by atoms with Gasteiger partial charge in [-0.25, -0.2) is 4.98 Å². The van der Waals surface area contributed by atoms with Gasteiger partial charge in [0.2, 0.25) is 0 Å². The molecule has 1 aromatic heterocycles. The van der Waals surface area contributed by atoms with E-state index < -0.39 is 0 Å². The van der Waals surface area contributed by atoms with Crippen molar-refractivity contribution in [3.8, 4) is 0 Å². The van der Waals surface area contributed by atoms with Gasteiger partial charge in [0.1, 0.15) is 12.2 Å². The fraction of sp³-hybridized carbons (Fsp3) is 0.778. The first kappa shape index (κ1) is 8.69. The molecule has 0 amide bonds. The van der Waals surface area contributed by atoms with Gasteiger partial charge in [0.05, 0.1) is 6.04 Å². The predicted octanol–water partition coefficient (Wildman–Crippen LogP) is 0.876. The van der Waals surface area contributed by atoms with Gasteiger partial charge in [-0.2, -0.15) is 5.10 Å². The van der Waals surface area contributed by atoms with Crippen LogP contribution in [0.2, 0.25) is 0 Å². The topological polar surface area (TPSA) is 42.7 Å². The lowest BCUT2D eigenvalue weighted by Gasteiger charge is -2.21. The minimum Gasteiger partial charge on any atom is -0.310 e. The Kier molecular flexibility index (Phi) is 1.87. The highest BCUT2D eigenvalue weighted by molar-refractivity contribution is 5.08. The van der Waals surface area contributed by atoms with Crippen molar-refractivity contribution in [1.29, 1.82) is 0 Å². The molecule has 0 aromatic carbocycles. The van der Waals surface area contributed by atoms with E-state index in [2.05, 4.69) is 22.3 Å². The first-order chi connectivity index (χ1) is 6.17. The molecule has 0 aliphatic heterocycles. The van der Waals surface area contributed by atoms with Crippen LogP contribution in [0.15, 0.2) is 6.33 Å². The van der Waals surface area contributed by atoms with Gasteiger partial charge in [0.25, 0.3) is 0 Å². The fourth-order valence-corrected chi connectivity index (χ4v) is 1.84.